The van der Waals surface area contributed by atoms with Gasteiger partial charge in [0.2, 0.25) is 10.0 Å². The molecule has 4 nitrogen and oxygen atoms in total. The molecular formula is C6H11NO3S. The molecule has 1 heterocycles. The molecule has 0 aromatic carbocycles. The van der Waals surface area contributed by atoms with E-state index in [9.17, 15) is 13.2 Å². The third-order valence-corrected chi connectivity index (χ3v) is 3.51. The van der Waals surface area contributed by atoms with Crippen molar-refractivity contribution in [3.8, 4) is 0 Å². The minimum Gasteiger partial charge on any atom is -0.299 e. The molecule has 0 saturated carbocycles. The fourth-order valence-electron chi connectivity index (χ4n) is 1.12. The van der Waals surface area contributed by atoms with E-state index in [0.717, 1.165) is 0 Å². The van der Waals surface area contributed by atoms with Gasteiger partial charge in [-0.2, -0.15) is 4.31 Å². The SMILES string of the molecule is CC(=O)CN1CCCS1(=O)=O. The van der Waals surface area contributed by atoms with Crippen LogP contribution < -0.4 is 0 Å². The summed E-state index contributed by atoms with van der Waals surface area (Å²) >= 11 is 0. The lowest BCUT2D eigenvalue weighted by atomic mass is 10.4. The molecular weight excluding hydrogens is 166 g/mol. The predicted molar refractivity (Wildman–Crippen MR) is 40.7 cm³/mol. The first-order chi connectivity index (χ1) is 5.02. The van der Waals surface area contributed by atoms with Crippen molar-refractivity contribution in [3.05, 3.63) is 0 Å². The van der Waals surface area contributed by atoms with Crippen LogP contribution in [0.2, 0.25) is 0 Å². The van der Waals surface area contributed by atoms with E-state index in [2.05, 4.69) is 0 Å². The van der Waals surface area contributed by atoms with Gasteiger partial charge in [0.25, 0.3) is 0 Å². The van der Waals surface area contributed by atoms with Crippen LogP contribution in [0.4, 0.5) is 0 Å². The number of rotatable bonds is 2. The van der Waals surface area contributed by atoms with Gasteiger partial charge in [0, 0.05) is 6.54 Å². The molecule has 1 saturated heterocycles. The summed E-state index contributed by atoms with van der Waals surface area (Å²) in [6, 6.07) is 0. The Balaban J connectivity index is 2.66. The van der Waals surface area contributed by atoms with Crippen LogP contribution in [0, 0.1) is 0 Å². The molecule has 11 heavy (non-hydrogen) atoms. The highest BCUT2D eigenvalue weighted by Crippen LogP contribution is 2.12. The molecule has 0 N–H and O–H groups in total. The van der Waals surface area contributed by atoms with Crippen molar-refractivity contribution in [2.75, 3.05) is 18.8 Å². The zero-order valence-electron chi connectivity index (χ0n) is 6.41. The maximum atomic E-state index is 11.1. The maximum Gasteiger partial charge on any atom is 0.214 e. The molecule has 1 rings (SSSR count). The van der Waals surface area contributed by atoms with Crippen LogP contribution in [0.25, 0.3) is 0 Å². The Labute approximate surface area is 66.2 Å². The lowest BCUT2D eigenvalue weighted by molar-refractivity contribution is -0.117. The maximum absolute atomic E-state index is 11.1. The van der Waals surface area contributed by atoms with Gasteiger partial charge in [-0.05, 0) is 13.3 Å². The lowest BCUT2D eigenvalue weighted by Gasteiger charge is -2.10. The second-order valence-electron chi connectivity index (χ2n) is 2.71. The number of hydrogen-bond donors (Lipinski definition) is 0. The van der Waals surface area contributed by atoms with Crippen LogP contribution in [0.5, 0.6) is 0 Å². The third-order valence-electron chi connectivity index (χ3n) is 1.60. The summed E-state index contributed by atoms with van der Waals surface area (Å²) in [4.78, 5) is 10.6. The molecule has 64 valence electrons. The Bertz CT molecular complexity index is 257. The normalized spacial score (nSPS) is 23.7. The van der Waals surface area contributed by atoms with E-state index >= 15 is 0 Å². The first-order valence-corrected chi connectivity index (χ1v) is 5.10. The minimum absolute atomic E-state index is 0.0440. The smallest absolute Gasteiger partial charge is 0.214 e. The zero-order valence-corrected chi connectivity index (χ0v) is 7.23. The van der Waals surface area contributed by atoms with E-state index in [1.54, 1.807) is 0 Å². The van der Waals surface area contributed by atoms with Crippen molar-refractivity contribution >= 4 is 15.8 Å². The number of sulfonamides is 1. The molecule has 0 unspecified atom stereocenters. The van der Waals surface area contributed by atoms with Crippen LogP contribution in [0.15, 0.2) is 0 Å². The van der Waals surface area contributed by atoms with Gasteiger partial charge in [0.05, 0.1) is 12.3 Å². The first-order valence-electron chi connectivity index (χ1n) is 3.49. The van der Waals surface area contributed by atoms with Gasteiger partial charge in [0.15, 0.2) is 0 Å². The topological polar surface area (TPSA) is 54.5 Å². The Morgan fingerprint density at radius 3 is 2.55 bits per heavy atom. The van der Waals surface area contributed by atoms with Crippen molar-refractivity contribution in [1.29, 1.82) is 0 Å². The highest BCUT2D eigenvalue weighted by Gasteiger charge is 2.28. The summed E-state index contributed by atoms with van der Waals surface area (Å²) in [6.07, 6.45) is 0.648. The molecule has 0 spiro atoms. The second kappa shape index (κ2) is 2.91. The number of hydrogen-bond acceptors (Lipinski definition) is 3. The fraction of sp³-hybridized carbons (Fsp3) is 0.833. The molecule has 0 aliphatic carbocycles. The van der Waals surface area contributed by atoms with E-state index in [-0.39, 0.29) is 18.1 Å². The van der Waals surface area contributed by atoms with Crippen molar-refractivity contribution in [2.24, 2.45) is 0 Å². The van der Waals surface area contributed by atoms with E-state index in [4.69, 9.17) is 0 Å². The molecule has 0 aromatic rings. The quantitative estimate of drug-likeness (QED) is 0.577. The number of Topliss-reactive ketones (excluding diaryl/α,β-unsaturated/α-hetero) is 1. The molecule has 1 aliphatic heterocycles. The summed E-state index contributed by atoms with van der Waals surface area (Å²) in [5.74, 6) is 0.0933. The third kappa shape index (κ3) is 2.00. The van der Waals surface area contributed by atoms with Crippen molar-refractivity contribution in [2.45, 2.75) is 13.3 Å². The Hall–Kier alpha value is -0.420. The molecule has 0 aromatic heterocycles. The molecule has 0 bridgehead atoms. The zero-order chi connectivity index (χ0) is 8.48. The fourth-order valence-corrected chi connectivity index (χ4v) is 2.66. The number of carbonyl (C=O) groups is 1. The van der Waals surface area contributed by atoms with Crippen LogP contribution in [0.3, 0.4) is 0 Å². The van der Waals surface area contributed by atoms with Crippen molar-refractivity contribution in [3.63, 3.8) is 0 Å². The number of carbonyl (C=O) groups excluding carboxylic acids is 1. The van der Waals surface area contributed by atoms with E-state index in [1.807, 2.05) is 0 Å². The molecule has 0 radical (unpaired) electrons. The predicted octanol–water partition coefficient (Wildman–Crippen LogP) is -0.389. The largest absolute Gasteiger partial charge is 0.299 e. The summed E-state index contributed by atoms with van der Waals surface area (Å²) in [5, 5.41) is 0. The van der Waals surface area contributed by atoms with Gasteiger partial charge in [0.1, 0.15) is 5.78 Å². The van der Waals surface area contributed by atoms with E-state index in [0.29, 0.717) is 13.0 Å². The molecule has 1 aliphatic rings. The van der Waals surface area contributed by atoms with E-state index < -0.39 is 10.0 Å². The highest BCUT2D eigenvalue weighted by atomic mass is 32.2. The monoisotopic (exact) mass is 177 g/mol. The second-order valence-corrected chi connectivity index (χ2v) is 4.79. The molecule has 0 amide bonds. The van der Waals surface area contributed by atoms with Gasteiger partial charge in [-0.25, -0.2) is 8.42 Å². The minimum atomic E-state index is -3.07. The molecule has 5 heteroatoms. The van der Waals surface area contributed by atoms with Gasteiger partial charge < -0.3 is 0 Å². The van der Waals surface area contributed by atoms with Gasteiger partial charge >= 0.3 is 0 Å². The first kappa shape index (κ1) is 8.67. The highest BCUT2D eigenvalue weighted by molar-refractivity contribution is 7.89. The van der Waals surface area contributed by atoms with Crippen LogP contribution in [0.1, 0.15) is 13.3 Å². The van der Waals surface area contributed by atoms with Crippen LogP contribution >= 0.6 is 0 Å². The number of nitrogens with zero attached hydrogens (tertiary/aromatic N) is 1. The summed E-state index contributed by atoms with van der Waals surface area (Å²) in [7, 11) is -3.07. The van der Waals surface area contributed by atoms with Crippen LogP contribution in [-0.2, 0) is 14.8 Å². The summed E-state index contributed by atoms with van der Waals surface area (Å²) in [6.45, 7) is 1.94. The lowest BCUT2D eigenvalue weighted by Crippen LogP contribution is -2.30. The average molecular weight is 177 g/mol. The van der Waals surface area contributed by atoms with Crippen LogP contribution in [-0.4, -0.2) is 37.3 Å². The van der Waals surface area contributed by atoms with Gasteiger partial charge in [-0.15, -0.1) is 0 Å². The molecule has 0 atom stereocenters. The summed E-state index contributed by atoms with van der Waals surface area (Å²) < 4.78 is 23.4. The van der Waals surface area contributed by atoms with Crippen molar-refractivity contribution in [1.82, 2.24) is 4.31 Å². The van der Waals surface area contributed by atoms with Gasteiger partial charge in [-0.1, -0.05) is 0 Å². The Morgan fingerprint density at radius 2 is 2.18 bits per heavy atom. The Morgan fingerprint density at radius 1 is 1.55 bits per heavy atom. The summed E-state index contributed by atoms with van der Waals surface area (Å²) in [5.41, 5.74) is 0. The molecule has 1 fully saturated rings. The average Bonchev–Trinajstić information content (AvgIpc) is 2.10. The van der Waals surface area contributed by atoms with Crippen molar-refractivity contribution < 1.29 is 13.2 Å². The standard InChI is InChI=1S/C6H11NO3S/c1-6(8)5-7-3-2-4-11(7,9)10/h2-5H2,1H3. The Kier molecular flexibility index (Phi) is 2.29. The van der Waals surface area contributed by atoms with E-state index in [1.165, 1.54) is 11.2 Å². The van der Waals surface area contributed by atoms with Gasteiger partial charge in [-0.3, -0.25) is 4.79 Å². The number of ketones is 1.